The van der Waals surface area contributed by atoms with Gasteiger partial charge in [-0.15, -0.1) is 5.10 Å². The fraction of sp³-hybridized carbons (Fsp3) is 0.167. The smallest absolute Gasteiger partial charge is 0.244 e. The van der Waals surface area contributed by atoms with Gasteiger partial charge in [-0.05, 0) is 24.1 Å². The summed E-state index contributed by atoms with van der Waals surface area (Å²) >= 11 is 6.14. The fourth-order valence-electron chi connectivity index (χ4n) is 2.18. The summed E-state index contributed by atoms with van der Waals surface area (Å²) in [6, 6.07) is 16.0. The van der Waals surface area contributed by atoms with E-state index >= 15 is 0 Å². The highest BCUT2D eigenvalue weighted by Gasteiger charge is 2.03. The van der Waals surface area contributed by atoms with Crippen molar-refractivity contribution in [2.45, 2.75) is 20.0 Å². The third-order valence-corrected chi connectivity index (χ3v) is 3.92. The van der Waals surface area contributed by atoms with Crippen molar-refractivity contribution in [2.24, 2.45) is 0 Å². The van der Waals surface area contributed by atoms with Gasteiger partial charge >= 0.3 is 0 Å². The average molecular weight is 340 g/mol. The van der Waals surface area contributed by atoms with E-state index in [4.69, 9.17) is 11.6 Å². The first-order valence-corrected chi connectivity index (χ1v) is 8.05. The van der Waals surface area contributed by atoms with Gasteiger partial charge in [-0.1, -0.05) is 59.6 Å². The number of aryl methyl sites for hydroxylation is 1. The number of halogens is 1. The van der Waals surface area contributed by atoms with E-state index in [1.807, 2.05) is 24.3 Å². The Balaban J connectivity index is 1.59. The molecule has 0 fully saturated rings. The summed E-state index contributed by atoms with van der Waals surface area (Å²) in [6.07, 6.45) is 1.61. The van der Waals surface area contributed by atoms with Crippen LogP contribution in [0.3, 0.4) is 0 Å². The number of nitrogens with one attached hydrogen (secondary N) is 2. The molecule has 24 heavy (non-hydrogen) atoms. The first kappa shape index (κ1) is 16.2. The fourth-order valence-corrected chi connectivity index (χ4v) is 2.38. The molecular weight excluding hydrogens is 322 g/mol. The zero-order valence-electron chi connectivity index (χ0n) is 13.3. The average Bonchev–Trinajstić information content (AvgIpc) is 2.61. The molecular formula is C18H18ClN5. The molecule has 0 amide bonds. The molecule has 3 rings (SSSR count). The Hall–Kier alpha value is -2.66. The molecule has 2 aromatic carbocycles. The van der Waals surface area contributed by atoms with Gasteiger partial charge in [0, 0.05) is 18.1 Å². The number of hydrogen-bond donors (Lipinski definition) is 2. The Morgan fingerprint density at radius 1 is 0.958 bits per heavy atom. The van der Waals surface area contributed by atoms with E-state index in [1.54, 1.807) is 6.20 Å². The molecule has 1 aromatic heterocycles. The van der Waals surface area contributed by atoms with Gasteiger partial charge in [0.15, 0.2) is 5.82 Å². The zero-order valence-corrected chi connectivity index (χ0v) is 14.1. The highest BCUT2D eigenvalue weighted by Crippen LogP contribution is 2.16. The predicted molar refractivity (Wildman–Crippen MR) is 97.1 cm³/mol. The topological polar surface area (TPSA) is 62.7 Å². The molecule has 0 saturated heterocycles. The Bertz CT molecular complexity index is 805. The first-order valence-electron chi connectivity index (χ1n) is 7.67. The van der Waals surface area contributed by atoms with Crippen LogP contribution in [0.4, 0.5) is 11.8 Å². The number of nitrogens with zero attached hydrogens (tertiary/aromatic N) is 3. The summed E-state index contributed by atoms with van der Waals surface area (Å²) in [5.41, 5.74) is 3.42. The molecule has 0 spiro atoms. The van der Waals surface area contributed by atoms with Crippen LogP contribution in [0.5, 0.6) is 0 Å². The van der Waals surface area contributed by atoms with Crippen LogP contribution >= 0.6 is 11.6 Å². The van der Waals surface area contributed by atoms with Gasteiger partial charge in [-0.25, -0.2) is 0 Å². The predicted octanol–water partition coefficient (Wildman–Crippen LogP) is 4.06. The summed E-state index contributed by atoms with van der Waals surface area (Å²) in [7, 11) is 0. The molecule has 1 heterocycles. The van der Waals surface area contributed by atoms with Gasteiger partial charge in [0.05, 0.1) is 6.20 Å². The van der Waals surface area contributed by atoms with Crippen LogP contribution < -0.4 is 10.6 Å². The second kappa shape index (κ2) is 7.75. The molecule has 3 aromatic rings. The van der Waals surface area contributed by atoms with Gasteiger partial charge in [0.2, 0.25) is 5.95 Å². The first-order chi connectivity index (χ1) is 11.7. The van der Waals surface area contributed by atoms with Crippen LogP contribution in [0.2, 0.25) is 5.02 Å². The summed E-state index contributed by atoms with van der Waals surface area (Å²) < 4.78 is 0. The van der Waals surface area contributed by atoms with Gasteiger partial charge in [-0.3, -0.25) is 0 Å². The zero-order chi connectivity index (χ0) is 16.8. The van der Waals surface area contributed by atoms with Crippen LogP contribution in [-0.4, -0.2) is 15.2 Å². The Kier molecular flexibility index (Phi) is 5.23. The normalized spacial score (nSPS) is 10.4. The SMILES string of the molecule is Cc1ccc(CNc2cnnc(NCc3ccccc3Cl)n2)cc1. The van der Waals surface area contributed by atoms with E-state index < -0.39 is 0 Å². The highest BCUT2D eigenvalue weighted by molar-refractivity contribution is 6.31. The lowest BCUT2D eigenvalue weighted by Crippen LogP contribution is -2.08. The number of anilines is 2. The van der Waals surface area contributed by atoms with Crippen LogP contribution in [0.25, 0.3) is 0 Å². The van der Waals surface area contributed by atoms with E-state index in [9.17, 15) is 0 Å². The lowest BCUT2D eigenvalue weighted by atomic mass is 10.1. The lowest BCUT2D eigenvalue weighted by Gasteiger charge is -2.09. The maximum atomic E-state index is 6.14. The second-order valence-electron chi connectivity index (χ2n) is 5.45. The van der Waals surface area contributed by atoms with E-state index in [-0.39, 0.29) is 0 Å². The van der Waals surface area contributed by atoms with Crippen molar-refractivity contribution >= 4 is 23.4 Å². The Morgan fingerprint density at radius 3 is 2.54 bits per heavy atom. The van der Waals surface area contributed by atoms with Gasteiger partial charge < -0.3 is 10.6 Å². The number of aromatic nitrogens is 3. The van der Waals surface area contributed by atoms with Gasteiger partial charge in [-0.2, -0.15) is 10.1 Å². The standard InChI is InChI=1S/C18H18ClN5/c1-13-6-8-14(9-7-13)10-20-17-12-22-24-18(23-17)21-11-15-4-2-3-5-16(15)19/h2-9,12H,10-11H2,1H3,(H2,20,21,23,24). The van der Waals surface area contributed by atoms with Crippen LogP contribution in [-0.2, 0) is 13.1 Å². The number of benzene rings is 2. The molecule has 0 bridgehead atoms. The van der Waals surface area contributed by atoms with Crippen molar-refractivity contribution in [1.29, 1.82) is 0 Å². The Labute approximate surface area is 146 Å². The minimum absolute atomic E-state index is 0.462. The molecule has 6 heteroatoms. The molecule has 0 aliphatic heterocycles. The Morgan fingerprint density at radius 2 is 1.75 bits per heavy atom. The third-order valence-electron chi connectivity index (χ3n) is 3.55. The molecule has 0 aliphatic carbocycles. The molecule has 5 nitrogen and oxygen atoms in total. The lowest BCUT2D eigenvalue weighted by molar-refractivity contribution is 0.937. The van der Waals surface area contributed by atoms with Crippen molar-refractivity contribution in [3.8, 4) is 0 Å². The summed E-state index contributed by atoms with van der Waals surface area (Å²) in [4.78, 5) is 4.41. The molecule has 2 N–H and O–H groups in total. The molecule has 122 valence electrons. The van der Waals surface area contributed by atoms with E-state index in [1.165, 1.54) is 11.1 Å². The van der Waals surface area contributed by atoms with Crippen molar-refractivity contribution < 1.29 is 0 Å². The minimum atomic E-state index is 0.462. The minimum Gasteiger partial charge on any atom is -0.365 e. The van der Waals surface area contributed by atoms with Crippen molar-refractivity contribution in [3.63, 3.8) is 0 Å². The molecule has 0 unspecified atom stereocenters. The highest BCUT2D eigenvalue weighted by atomic mass is 35.5. The number of hydrogen-bond acceptors (Lipinski definition) is 5. The molecule has 0 radical (unpaired) electrons. The quantitative estimate of drug-likeness (QED) is 0.709. The monoisotopic (exact) mass is 339 g/mol. The van der Waals surface area contributed by atoms with E-state index in [0.717, 1.165) is 5.56 Å². The summed E-state index contributed by atoms with van der Waals surface area (Å²) in [5, 5.41) is 15.1. The van der Waals surface area contributed by atoms with Crippen LogP contribution in [0.15, 0.2) is 54.7 Å². The molecule has 0 saturated carbocycles. The van der Waals surface area contributed by atoms with Crippen molar-refractivity contribution in [2.75, 3.05) is 10.6 Å². The second-order valence-corrected chi connectivity index (χ2v) is 5.86. The maximum absolute atomic E-state index is 6.14. The van der Waals surface area contributed by atoms with Gasteiger partial charge in [0.25, 0.3) is 0 Å². The summed E-state index contributed by atoms with van der Waals surface area (Å²) in [5.74, 6) is 1.14. The van der Waals surface area contributed by atoms with Crippen LogP contribution in [0, 0.1) is 6.92 Å². The largest absolute Gasteiger partial charge is 0.365 e. The van der Waals surface area contributed by atoms with Crippen molar-refractivity contribution in [1.82, 2.24) is 15.2 Å². The maximum Gasteiger partial charge on any atom is 0.244 e. The van der Waals surface area contributed by atoms with E-state index in [0.29, 0.717) is 29.9 Å². The molecule has 0 aliphatic rings. The van der Waals surface area contributed by atoms with Crippen LogP contribution in [0.1, 0.15) is 16.7 Å². The molecule has 0 atom stereocenters. The van der Waals surface area contributed by atoms with E-state index in [2.05, 4.69) is 57.0 Å². The summed E-state index contributed by atoms with van der Waals surface area (Å²) in [6.45, 7) is 3.30. The third kappa shape index (κ3) is 4.43. The van der Waals surface area contributed by atoms with Crippen molar-refractivity contribution in [3.05, 3.63) is 76.4 Å². The number of rotatable bonds is 6. The van der Waals surface area contributed by atoms with Gasteiger partial charge in [0.1, 0.15) is 0 Å².